The molecule has 3 aromatic heterocycles. The maximum Gasteiger partial charge on any atom is 0.259 e. The summed E-state index contributed by atoms with van der Waals surface area (Å²) in [6.45, 7) is 1.83. The molecule has 0 aliphatic rings. The molecule has 0 bridgehead atoms. The van der Waals surface area contributed by atoms with Crippen LogP contribution in [0.25, 0.3) is 27.7 Å². The Morgan fingerprint density at radius 3 is 2.61 bits per heavy atom. The van der Waals surface area contributed by atoms with Crippen LogP contribution in [0.4, 0.5) is 10.1 Å². The van der Waals surface area contributed by atoms with Gasteiger partial charge in [-0.1, -0.05) is 24.3 Å². The molecule has 3 aromatic carbocycles. The molecule has 0 saturated heterocycles. The quantitative estimate of drug-likeness (QED) is 0.273. The van der Waals surface area contributed by atoms with Crippen LogP contribution in [0.3, 0.4) is 0 Å². The molecule has 3 heterocycles. The number of carbonyl (C=O) groups is 1. The number of para-hydroxylation sites is 1. The molecule has 1 amide bonds. The second-order valence-electron chi connectivity index (χ2n) is 9.61. The van der Waals surface area contributed by atoms with Crippen LogP contribution < -0.4 is 15.6 Å². The summed E-state index contributed by atoms with van der Waals surface area (Å²) in [5.74, 6) is -0.686. The van der Waals surface area contributed by atoms with Gasteiger partial charge in [-0.3, -0.25) is 23.9 Å². The molecule has 0 spiro atoms. The molecular weight excluding hydrogens is 523 g/mol. The summed E-state index contributed by atoms with van der Waals surface area (Å²) in [6.07, 6.45) is 4.92. The molecule has 6 rings (SSSR count). The SMILES string of the molecule is Cc1ccc(CC(=O)Nc2ccc(Oc3cc4cnn(C)c4cc3-c3cn[nH]c3)c(F)c2)c(=O)n1-c1ccccc1. The fourth-order valence-electron chi connectivity index (χ4n) is 4.75. The van der Waals surface area contributed by atoms with E-state index in [1.54, 1.807) is 52.1 Å². The first-order valence-electron chi connectivity index (χ1n) is 12.9. The molecule has 10 heteroatoms. The Labute approximate surface area is 233 Å². The lowest BCUT2D eigenvalue weighted by Crippen LogP contribution is -2.27. The van der Waals surface area contributed by atoms with Crippen molar-refractivity contribution in [2.75, 3.05) is 5.32 Å². The summed E-state index contributed by atoms with van der Waals surface area (Å²) < 4.78 is 24.5. The summed E-state index contributed by atoms with van der Waals surface area (Å²) in [6, 6.07) is 20.5. The average molecular weight is 549 g/mol. The summed E-state index contributed by atoms with van der Waals surface area (Å²) in [5.41, 5.74) is 4.13. The zero-order valence-electron chi connectivity index (χ0n) is 22.3. The van der Waals surface area contributed by atoms with Gasteiger partial charge in [-0.2, -0.15) is 10.2 Å². The minimum absolute atomic E-state index is 0.0136. The van der Waals surface area contributed by atoms with Crippen LogP contribution in [-0.2, 0) is 18.3 Å². The summed E-state index contributed by atoms with van der Waals surface area (Å²) >= 11 is 0. The van der Waals surface area contributed by atoms with Gasteiger partial charge in [-0.05, 0) is 49.4 Å². The van der Waals surface area contributed by atoms with Gasteiger partial charge in [0.2, 0.25) is 5.91 Å². The minimum Gasteiger partial charge on any atom is -0.454 e. The standard InChI is InChI=1S/C31H25FN6O3/c1-19-8-9-20(31(40)38(19)24-6-4-3-5-7-24)13-30(39)36-23-10-11-28(26(32)14-23)41-29-12-21-18-35-37(2)27(21)15-25(29)22-16-33-34-17-22/h3-12,14-18H,13H2,1-2H3,(H,33,34)(H,36,39). The molecule has 9 nitrogen and oxygen atoms in total. The van der Waals surface area contributed by atoms with E-state index in [0.29, 0.717) is 22.6 Å². The van der Waals surface area contributed by atoms with Gasteiger partial charge in [0.15, 0.2) is 11.6 Å². The number of aromatic amines is 1. The first kappa shape index (κ1) is 25.8. The third-order valence-corrected chi connectivity index (χ3v) is 6.81. The third-order valence-electron chi connectivity index (χ3n) is 6.81. The van der Waals surface area contributed by atoms with Crippen LogP contribution in [0.2, 0.25) is 0 Å². The largest absolute Gasteiger partial charge is 0.454 e. The molecule has 0 fully saturated rings. The summed E-state index contributed by atoms with van der Waals surface area (Å²) in [4.78, 5) is 26.0. The second kappa shape index (κ2) is 10.6. The third kappa shape index (κ3) is 5.10. The molecule has 41 heavy (non-hydrogen) atoms. The van der Waals surface area contributed by atoms with E-state index in [1.807, 2.05) is 50.4 Å². The van der Waals surface area contributed by atoms with Crippen LogP contribution >= 0.6 is 0 Å². The predicted molar refractivity (Wildman–Crippen MR) is 154 cm³/mol. The number of fused-ring (bicyclic) bond motifs is 1. The van der Waals surface area contributed by atoms with Gasteiger partial charge in [0.05, 0.1) is 24.3 Å². The molecule has 0 radical (unpaired) electrons. The van der Waals surface area contributed by atoms with Crippen LogP contribution in [0, 0.1) is 12.7 Å². The number of rotatable bonds is 7. The molecule has 0 unspecified atom stereocenters. The Balaban J connectivity index is 1.22. The van der Waals surface area contributed by atoms with Crippen molar-refractivity contribution in [1.82, 2.24) is 24.5 Å². The molecule has 0 saturated carbocycles. The van der Waals surface area contributed by atoms with Crippen molar-refractivity contribution in [2.45, 2.75) is 13.3 Å². The lowest BCUT2D eigenvalue weighted by molar-refractivity contribution is -0.115. The van der Waals surface area contributed by atoms with E-state index in [0.717, 1.165) is 22.2 Å². The molecule has 0 aliphatic heterocycles. The lowest BCUT2D eigenvalue weighted by atomic mass is 10.1. The smallest absolute Gasteiger partial charge is 0.259 e. The lowest BCUT2D eigenvalue weighted by Gasteiger charge is -2.13. The topological polar surface area (TPSA) is 107 Å². The number of benzene rings is 3. The van der Waals surface area contributed by atoms with Crippen molar-refractivity contribution in [3.8, 4) is 28.3 Å². The summed E-state index contributed by atoms with van der Waals surface area (Å²) in [7, 11) is 1.84. The van der Waals surface area contributed by atoms with Crippen LogP contribution in [-0.4, -0.2) is 30.5 Å². The van der Waals surface area contributed by atoms with E-state index in [1.165, 1.54) is 12.1 Å². The highest BCUT2D eigenvalue weighted by atomic mass is 19.1. The van der Waals surface area contributed by atoms with Gasteiger partial charge in [0.25, 0.3) is 5.56 Å². The molecule has 2 N–H and O–H groups in total. The number of anilines is 1. The van der Waals surface area contributed by atoms with E-state index >= 15 is 4.39 Å². The normalized spacial score (nSPS) is 11.1. The van der Waals surface area contributed by atoms with Crippen LogP contribution in [0.5, 0.6) is 11.5 Å². The molecule has 0 atom stereocenters. The van der Waals surface area contributed by atoms with Crippen molar-refractivity contribution in [3.63, 3.8) is 0 Å². The van der Waals surface area contributed by atoms with Crippen molar-refractivity contribution < 1.29 is 13.9 Å². The van der Waals surface area contributed by atoms with Crippen molar-refractivity contribution in [3.05, 3.63) is 119 Å². The molecule has 0 aliphatic carbocycles. The Kier molecular flexibility index (Phi) is 6.64. The second-order valence-corrected chi connectivity index (χ2v) is 9.61. The molecular formula is C31H25FN6O3. The number of nitrogens with one attached hydrogen (secondary N) is 2. The van der Waals surface area contributed by atoms with Crippen molar-refractivity contribution in [1.29, 1.82) is 0 Å². The Hall–Kier alpha value is -5.51. The highest BCUT2D eigenvalue weighted by molar-refractivity contribution is 5.92. The van der Waals surface area contributed by atoms with Gasteiger partial charge >= 0.3 is 0 Å². The van der Waals surface area contributed by atoms with Gasteiger partial charge < -0.3 is 10.1 Å². The number of amides is 1. The van der Waals surface area contributed by atoms with Gasteiger partial charge in [-0.25, -0.2) is 4.39 Å². The number of aromatic nitrogens is 5. The van der Waals surface area contributed by atoms with E-state index < -0.39 is 11.7 Å². The highest BCUT2D eigenvalue weighted by Gasteiger charge is 2.16. The minimum atomic E-state index is -0.658. The van der Waals surface area contributed by atoms with E-state index in [4.69, 9.17) is 4.74 Å². The molecule has 204 valence electrons. The number of hydrogen-bond donors (Lipinski definition) is 2. The zero-order valence-corrected chi connectivity index (χ0v) is 22.3. The Morgan fingerprint density at radius 2 is 1.85 bits per heavy atom. The molecule has 6 aromatic rings. The van der Waals surface area contributed by atoms with Crippen LogP contribution in [0.1, 0.15) is 11.3 Å². The highest BCUT2D eigenvalue weighted by Crippen LogP contribution is 2.37. The monoisotopic (exact) mass is 548 g/mol. The van der Waals surface area contributed by atoms with Crippen LogP contribution in [0.15, 0.2) is 96.2 Å². The number of halogens is 1. The van der Waals surface area contributed by atoms with Gasteiger partial charge in [-0.15, -0.1) is 0 Å². The first-order chi connectivity index (χ1) is 19.9. The van der Waals surface area contributed by atoms with E-state index in [-0.39, 0.29) is 23.4 Å². The number of aryl methyl sites for hydroxylation is 2. The average Bonchev–Trinajstić information content (AvgIpc) is 3.62. The van der Waals surface area contributed by atoms with Crippen molar-refractivity contribution >= 4 is 22.5 Å². The van der Waals surface area contributed by atoms with E-state index in [9.17, 15) is 9.59 Å². The number of nitrogens with zero attached hydrogens (tertiary/aromatic N) is 4. The number of ether oxygens (including phenoxy) is 1. The predicted octanol–water partition coefficient (Wildman–Crippen LogP) is 5.54. The Morgan fingerprint density at radius 1 is 1.02 bits per heavy atom. The number of pyridine rings is 1. The van der Waals surface area contributed by atoms with Gasteiger partial charge in [0.1, 0.15) is 5.75 Å². The maximum absolute atomic E-state index is 15.2. The Bertz CT molecular complexity index is 1940. The first-order valence-corrected chi connectivity index (χ1v) is 12.9. The van der Waals surface area contributed by atoms with Gasteiger partial charge in [0, 0.05) is 58.5 Å². The maximum atomic E-state index is 15.2. The number of hydrogen-bond acceptors (Lipinski definition) is 5. The fraction of sp³-hybridized carbons (Fsp3) is 0.0968. The zero-order chi connectivity index (χ0) is 28.5. The number of H-pyrrole nitrogens is 1. The van der Waals surface area contributed by atoms with Crippen molar-refractivity contribution in [2.24, 2.45) is 7.05 Å². The van der Waals surface area contributed by atoms with E-state index in [2.05, 4.69) is 20.6 Å². The number of carbonyl (C=O) groups excluding carboxylic acids is 1. The fourth-order valence-corrected chi connectivity index (χ4v) is 4.75. The summed E-state index contributed by atoms with van der Waals surface area (Å²) in [5, 5.41) is 14.6.